The maximum atomic E-state index is 12.4. The van der Waals surface area contributed by atoms with Gasteiger partial charge in [-0.05, 0) is 50.3 Å². The molecule has 1 aromatic heterocycles. The Morgan fingerprint density at radius 3 is 2.72 bits per heavy atom. The minimum Gasteiger partial charge on any atom is -0.459 e. The van der Waals surface area contributed by atoms with E-state index >= 15 is 0 Å². The van der Waals surface area contributed by atoms with Crippen LogP contribution in [0.1, 0.15) is 43.2 Å². The lowest BCUT2D eigenvalue weighted by Gasteiger charge is -2.32. The van der Waals surface area contributed by atoms with Crippen LogP contribution in [0.2, 0.25) is 0 Å². The lowest BCUT2D eigenvalue weighted by Crippen LogP contribution is -2.45. The van der Waals surface area contributed by atoms with Crippen molar-refractivity contribution in [2.24, 2.45) is 11.8 Å². The highest BCUT2D eigenvalue weighted by atomic mass is 16.3. The van der Waals surface area contributed by atoms with Crippen LogP contribution in [0.3, 0.4) is 0 Å². The van der Waals surface area contributed by atoms with Crippen LogP contribution in [-0.2, 0) is 4.79 Å². The number of carbonyl (C=O) groups excluding carboxylic acids is 2. The molecule has 1 N–H and O–H groups in total. The van der Waals surface area contributed by atoms with Gasteiger partial charge < -0.3 is 19.5 Å². The first-order valence-electron chi connectivity index (χ1n) is 9.46. The third kappa shape index (κ3) is 4.84. The lowest BCUT2D eigenvalue weighted by atomic mass is 9.95. The molecule has 1 unspecified atom stereocenters. The maximum Gasteiger partial charge on any atom is 0.289 e. The summed E-state index contributed by atoms with van der Waals surface area (Å²) in [5.41, 5.74) is 0. The molecule has 0 saturated carbocycles. The van der Waals surface area contributed by atoms with Crippen LogP contribution in [0.5, 0.6) is 0 Å². The molecule has 2 amide bonds. The van der Waals surface area contributed by atoms with Gasteiger partial charge in [-0.2, -0.15) is 0 Å². The second-order valence-corrected chi connectivity index (χ2v) is 7.38. The molecule has 3 rings (SSSR count). The zero-order chi connectivity index (χ0) is 17.6. The first-order valence-corrected chi connectivity index (χ1v) is 9.46. The number of rotatable bonds is 5. The van der Waals surface area contributed by atoms with Crippen LogP contribution >= 0.6 is 0 Å². The van der Waals surface area contributed by atoms with Crippen LogP contribution in [0.4, 0.5) is 0 Å². The zero-order valence-electron chi connectivity index (χ0n) is 15.1. The van der Waals surface area contributed by atoms with Crippen molar-refractivity contribution in [3.8, 4) is 0 Å². The summed E-state index contributed by atoms with van der Waals surface area (Å²) in [6.07, 6.45) is 5.53. The van der Waals surface area contributed by atoms with Crippen molar-refractivity contribution in [1.82, 2.24) is 15.1 Å². The van der Waals surface area contributed by atoms with E-state index in [2.05, 4.69) is 17.1 Å². The topological polar surface area (TPSA) is 65.8 Å². The minimum absolute atomic E-state index is 0.0148. The number of amides is 2. The number of likely N-dealkylation sites (tertiary alicyclic amines) is 2. The second kappa shape index (κ2) is 8.52. The van der Waals surface area contributed by atoms with Gasteiger partial charge in [-0.15, -0.1) is 0 Å². The molecule has 2 aliphatic rings. The molecule has 25 heavy (non-hydrogen) atoms. The highest BCUT2D eigenvalue weighted by Gasteiger charge is 2.28. The number of piperidine rings is 2. The molecule has 0 aromatic carbocycles. The Morgan fingerprint density at radius 2 is 2.04 bits per heavy atom. The molecule has 138 valence electrons. The van der Waals surface area contributed by atoms with Crippen LogP contribution in [0.25, 0.3) is 0 Å². The minimum atomic E-state index is -0.0805. The number of carbonyl (C=O) groups is 2. The van der Waals surface area contributed by atoms with Crippen molar-refractivity contribution in [3.05, 3.63) is 24.2 Å². The maximum absolute atomic E-state index is 12.4. The van der Waals surface area contributed by atoms with E-state index in [1.54, 1.807) is 17.0 Å². The molecule has 0 aliphatic carbocycles. The van der Waals surface area contributed by atoms with Crippen molar-refractivity contribution < 1.29 is 14.0 Å². The summed E-state index contributed by atoms with van der Waals surface area (Å²) in [5.74, 6) is 1.21. The van der Waals surface area contributed by atoms with Gasteiger partial charge in [0.15, 0.2) is 5.76 Å². The van der Waals surface area contributed by atoms with E-state index in [9.17, 15) is 9.59 Å². The van der Waals surface area contributed by atoms with Crippen LogP contribution in [0, 0.1) is 11.8 Å². The van der Waals surface area contributed by atoms with Gasteiger partial charge in [-0.25, -0.2) is 0 Å². The third-order valence-electron chi connectivity index (χ3n) is 5.35. The van der Waals surface area contributed by atoms with Gasteiger partial charge in [0.05, 0.1) is 6.26 Å². The Morgan fingerprint density at radius 1 is 1.24 bits per heavy atom. The summed E-state index contributed by atoms with van der Waals surface area (Å²) in [7, 11) is 0. The number of hydrogen-bond acceptors (Lipinski definition) is 4. The fourth-order valence-corrected chi connectivity index (χ4v) is 3.87. The van der Waals surface area contributed by atoms with Gasteiger partial charge in [-0.1, -0.05) is 6.92 Å². The van der Waals surface area contributed by atoms with Gasteiger partial charge in [0, 0.05) is 38.6 Å². The van der Waals surface area contributed by atoms with Gasteiger partial charge in [-0.3, -0.25) is 9.59 Å². The Labute approximate surface area is 149 Å². The largest absolute Gasteiger partial charge is 0.459 e. The number of hydrogen-bond donors (Lipinski definition) is 1. The second-order valence-electron chi connectivity index (χ2n) is 7.38. The van der Waals surface area contributed by atoms with E-state index in [1.165, 1.54) is 19.1 Å². The smallest absolute Gasteiger partial charge is 0.289 e. The van der Waals surface area contributed by atoms with E-state index in [4.69, 9.17) is 4.42 Å². The molecular weight excluding hydrogens is 318 g/mol. The Kier molecular flexibility index (Phi) is 6.13. The normalized spacial score (nSPS) is 22.8. The Hall–Kier alpha value is -1.82. The molecule has 2 saturated heterocycles. The first-order chi connectivity index (χ1) is 12.1. The predicted molar refractivity (Wildman–Crippen MR) is 95.2 cm³/mol. The van der Waals surface area contributed by atoms with Gasteiger partial charge in [0.1, 0.15) is 0 Å². The number of furan rings is 1. The van der Waals surface area contributed by atoms with E-state index < -0.39 is 0 Å². The Balaban J connectivity index is 1.36. The molecular formula is C19H29N3O3. The molecule has 1 atom stereocenters. The lowest BCUT2D eigenvalue weighted by molar-refractivity contribution is -0.126. The highest BCUT2D eigenvalue weighted by molar-refractivity contribution is 5.91. The molecule has 6 heteroatoms. The number of nitrogens with one attached hydrogen (secondary N) is 1. The molecule has 0 bridgehead atoms. The van der Waals surface area contributed by atoms with Crippen molar-refractivity contribution in [3.63, 3.8) is 0 Å². The SMILES string of the molecule is CC1CCCN(CCNC(=O)C2CCN(C(=O)c3ccco3)CC2)C1. The Bertz CT molecular complexity index is 564. The molecule has 0 radical (unpaired) electrons. The van der Waals surface area contributed by atoms with Crippen LogP contribution < -0.4 is 5.32 Å². The monoisotopic (exact) mass is 347 g/mol. The summed E-state index contributed by atoms with van der Waals surface area (Å²) in [5, 5.41) is 3.08. The highest BCUT2D eigenvalue weighted by Crippen LogP contribution is 2.19. The summed E-state index contributed by atoms with van der Waals surface area (Å²) >= 11 is 0. The molecule has 2 aliphatic heterocycles. The van der Waals surface area contributed by atoms with Gasteiger partial charge >= 0.3 is 0 Å². The zero-order valence-corrected chi connectivity index (χ0v) is 15.1. The van der Waals surface area contributed by atoms with E-state index in [0.29, 0.717) is 18.8 Å². The summed E-state index contributed by atoms with van der Waals surface area (Å²) in [6.45, 7) is 7.46. The summed E-state index contributed by atoms with van der Waals surface area (Å²) in [6, 6.07) is 3.40. The third-order valence-corrected chi connectivity index (χ3v) is 5.35. The average molecular weight is 347 g/mol. The van der Waals surface area contributed by atoms with Gasteiger partial charge in [0.25, 0.3) is 5.91 Å². The quantitative estimate of drug-likeness (QED) is 0.884. The molecule has 3 heterocycles. The van der Waals surface area contributed by atoms with Gasteiger partial charge in [0.2, 0.25) is 5.91 Å². The van der Waals surface area contributed by atoms with E-state index in [1.807, 2.05) is 0 Å². The van der Waals surface area contributed by atoms with Crippen molar-refractivity contribution in [2.45, 2.75) is 32.6 Å². The number of nitrogens with zero attached hydrogens (tertiary/aromatic N) is 2. The molecule has 1 aromatic rings. The fraction of sp³-hybridized carbons (Fsp3) is 0.684. The predicted octanol–water partition coefficient (Wildman–Crippen LogP) is 1.98. The molecule has 0 spiro atoms. The first kappa shape index (κ1) is 18.0. The van der Waals surface area contributed by atoms with Crippen LogP contribution in [0.15, 0.2) is 22.8 Å². The van der Waals surface area contributed by atoms with Crippen LogP contribution in [-0.4, -0.2) is 60.9 Å². The standard InChI is InChI=1S/C19H29N3O3/c1-15-4-2-9-21(14-15)12-8-20-18(23)16-6-10-22(11-7-16)19(24)17-5-3-13-25-17/h3,5,13,15-16H,2,4,6-12,14H2,1H3,(H,20,23). The molecule has 2 fully saturated rings. The summed E-state index contributed by atoms with van der Waals surface area (Å²) in [4.78, 5) is 28.8. The summed E-state index contributed by atoms with van der Waals surface area (Å²) < 4.78 is 5.17. The van der Waals surface area contributed by atoms with Crippen molar-refractivity contribution >= 4 is 11.8 Å². The average Bonchev–Trinajstić information content (AvgIpc) is 3.16. The van der Waals surface area contributed by atoms with Crippen molar-refractivity contribution in [2.75, 3.05) is 39.3 Å². The van der Waals surface area contributed by atoms with E-state index in [-0.39, 0.29) is 17.7 Å². The molecule has 6 nitrogen and oxygen atoms in total. The van der Waals surface area contributed by atoms with Crippen molar-refractivity contribution in [1.29, 1.82) is 0 Å². The fourth-order valence-electron chi connectivity index (χ4n) is 3.87. The van der Waals surface area contributed by atoms with E-state index in [0.717, 1.165) is 44.9 Å².